The summed E-state index contributed by atoms with van der Waals surface area (Å²) in [6.07, 6.45) is 3.31. The number of hydrogen-bond acceptors (Lipinski definition) is 4. The lowest BCUT2D eigenvalue weighted by Crippen LogP contribution is -2.42. The zero-order valence-corrected chi connectivity index (χ0v) is 11.6. The number of rotatable bonds is 4. The molecule has 1 amide bonds. The smallest absolute Gasteiger partial charge is 0.257 e. The van der Waals surface area contributed by atoms with Gasteiger partial charge in [-0.05, 0) is 12.0 Å². The first kappa shape index (κ1) is 14.1. The van der Waals surface area contributed by atoms with Gasteiger partial charge in [-0.3, -0.25) is 9.78 Å². The maximum atomic E-state index is 11.7. The standard InChI is InChI=1S/C15H18N4O/c1-10(2)13(16)15(20)19-18-9-12-6-3-5-11-7-4-8-17-14(11)12/h3-10,13H,16H2,1-2H3,(H,19,20)/b18-9-/t13-/m1/s1. The third-order valence-corrected chi connectivity index (χ3v) is 3.06. The third kappa shape index (κ3) is 3.19. The number of carbonyl (C=O) groups is 1. The van der Waals surface area contributed by atoms with Gasteiger partial charge in [0, 0.05) is 17.1 Å². The van der Waals surface area contributed by atoms with Crippen LogP contribution in [0.2, 0.25) is 0 Å². The van der Waals surface area contributed by atoms with Gasteiger partial charge in [-0.15, -0.1) is 0 Å². The number of para-hydroxylation sites is 1. The molecule has 1 heterocycles. The Balaban J connectivity index is 2.13. The Bertz CT molecular complexity index is 631. The summed E-state index contributed by atoms with van der Waals surface area (Å²) in [5, 5.41) is 4.98. The first-order chi connectivity index (χ1) is 9.59. The van der Waals surface area contributed by atoms with E-state index in [1.54, 1.807) is 12.4 Å². The van der Waals surface area contributed by atoms with Crippen molar-refractivity contribution >= 4 is 23.0 Å². The zero-order valence-electron chi connectivity index (χ0n) is 11.6. The van der Waals surface area contributed by atoms with E-state index >= 15 is 0 Å². The molecule has 0 bridgehead atoms. The molecule has 2 rings (SSSR count). The highest BCUT2D eigenvalue weighted by atomic mass is 16.2. The van der Waals surface area contributed by atoms with Gasteiger partial charge in [0.2, 0.25) is 0 Å². The van der Waals surface area contributed by atoms with Crippen molar-refractivity contribution in [2.24, 2.45) is 16.8 Å². The van der Waals surface area contributed by atoms with Crippen LogP contribution >= 0.6 is 0 Å². The number of pyridine rings is 1. The summed E-state index contributed by atoms with van der Waals surface area (Å²) in [5.74, 6) is -0.214. The van der Waals surface area contributed by atoms with Crippen LogP contribution < -0.4 is 11.2 Å². The summed E-state index contributed by atoms with van der Waals surface area (Å²) in [5.41, 5.74) is 9.88. The molecule has 5 nitrogen and oxygen atoms in total. The molecule has 0 fully saturated rings. The van der Waals surface area contributed by atoms with Gasteiger partial charge in [-0.1, -0.05) is 38.1 Å². The second kappa shape index (κ2) is 6.25. The van der Waals surface area contributed by atoms with E-state index in [-0.39, 0.29) is 11.8 Å². The first-order valence-electron chi connectivity index (χ1n) is 6.52. The number of hydrogen-bond donors (Lipinski definition) is 2. The summed E-state index contributed by atoms with van der Waals surface area (Å²) >= 11 is 0. The maximum absolute atomic E-state index is 11.7. The molecular formula is C15H18N4O. The monoisotopic (exact) mass is 270 g/mol. The van der Waals surface area contributed by atoms with Crippen molar-refractivity contribution in [3.8, 4) is 0 Å². The molecule has 0 aliphatic heterocycles. The normalized spacial score (nSPS) is 13.0. The minimum absolute atomic E-state index is 0.0735. The van der Waals surface area contributed by atoms with Crippen molar-refractivity contribution < 1.29 is 4.79 Å². The predicted octanol–water partition coefficient (Wildman–Crippen LogP) is 1.67. The lowest BCUT2D eigenvalue weighted by Gasteiger charge is -2.12. The first-order valence-corrected chi connectivity index (χ1v) is 6.52. The summed E-state index contributed by atoms with van der Waals surface area (Å²) < 4.78 is 0. The van der Waals surface area contributed by atoms with Crippen LogP contribution in [0.15, 0.2) is 41.6 Å². The van der Waals surface area contributed by atoms with E-state index in [0.29, 0.717) is 0 Å². The Morgan fingerprint density at radius 1 is 1.35 bits per heavy atom. The number of benzene rings is 1. The fraction of sp³-hybridized carbons (Fsp3) is 0.267. The highest BCUT2D eigenvalue weighted by molar-refractivity contribution is 5.97. The van der Waals surface area contributed by atoms with E-state index < -0.39 is 6.04 Å². The average Bonchev–Trinajstić information content (AvgIpc) is 2.46. The number of carbonyl (C=O) groups excluding carboxylic acids is 1. The molecule has 1 aromatic carbocycles. The van der Waals surface area contributed by atoms with E-state index in [1.807, 2.05) is 44.2 Å². The van der Waals surface area contributed by atoms with Crippen LogP contribution in [0.25, 0.3) is 10.9 Å². The van der Waals surface area contributed by atoms with Crippen LogP contribution in [0, 0.1) is 5.92 Å². The molecule has 1 atom stereocenters. The Hall–Kier alpha value is -2.27. The Morgan fingerprint density at radius 3 is 2.85 bits per heavy atom. The van der Waals surface area contributed by atoms with Crippen molar-refractivity contribution in [1.82, 2.24) is 10.4 Å². The van der Waals surface area contributed by atoms with Crippen molar-refractivity contribution in [3.63, 3.8) is 0 Å². The van der Waals surface area contributed by atoms with Crippen molar-refractivity contribution in [1.29, 1.82) is 0 Å². The van der Waals surface area contributed by atoms with Crippen molar-refractivity contribution in [2.45, 2.75) is 19.9 Å². The number of nitrogens with one attached hydrogen (secondary N) is 1. The molecule has 0 saturated carbocycles. The third-order valence-electron chi connectivity index (χ3n) is 3.06. The van der Waals surface area contributed by atoms with E-state index in [1.165, 1.54) is 0 Å². The number of fused-ring (bicyclic) bond motifs is 1. The van der Waals surface area contributed by atoms with Gasteiger partial charge in [0.05, 0.1) is 17.8 Å². The number of amides is 1. The average molecular weight is 270 g/mol. The lowest BCUT2D eigenvalue weighted by molar-refractivity contribution is -0.123. The molecule has 0 aliphatic carbocycles. The molecule has 0 radical (unpaired) electrons. The summed E-state index contributed by atoms with van der Waals surface area (Å²) in [4.78, 5) is 16.0. The molecule has 2 aromatic rings. The predicted molar refractivity (Wildman–Crippen MR) is 80.3 cm³/mol. The van der Waals surface area contributed by atoms with Gasteiger partial charge >= 0.3 is 0 Å². The fourth-order valence-electron chi connectivity index (χ4n) is 1.77. The molecule has 104 valence electrons. The molecule has 3 N–H and O–H groups in total. The summed E-state index contributed by atoms with van der Waals surface area (Å²) in [6, 6.07) is 9.10. The zero-order chi connectivity index (χ0) is 14.5. The van der Waals surface area contributed by atoms with Crippen molar-refractivity contribution in [2.75, 3.05) is 0 Å². The SMILES string of the molecule is CC(C)[C@@H](N)C(=O)N/N=C\c1cccc2cccnc12. The van der Waals surface area contributed by atoms with Crippen LogP contribution in [0.1, 0.15) is 19.4 Å². The topological polar surface area (TPSA) is 80.4 Å². The van der Waals surface area contributed by atoms with Crippen LogP contribution in [-0.2, 0) is 4.79 Å². The van der Waals surface area contributed by atoms with Gasteiger partial charge in [-0.2, -0.15) is 5.10 Å². The lowest BCUT2D eigenvalue weighted by atomic mass is 10.1. The van der Waals surface area contributed by atoms with Crippen LogP contribution in [-0.4, -0.2) is 23.1 Å². The Labute approximate surface area is 117 Å². The molecule has 0 unspecified atom stereocenters. The quantitative estimate of drug-likeness (QED) is 0.655. The number of nitrogens with two attached hydrogens (primary N) is 1. The largest absolute Gasteiger partial charge is 0.320 e. The molecule has 1 aromatic heterocycles. The minimum Gasteiger partial charge on any atom is -0.320 e. The molecular weight excluding hydrogens is 252 g/mol. The fourth-order valence-corrected chi connectivity index (χ4v) is 1.77. The number of hydrazone groups is 1. The molecule has 5 heteroatoms. The van der Waals surface area contributed by atoms with Gasteiger partial charge in [-0.25, -0.2) is 5.43 Å². The highest BCUT2D eigenvalue weighted by Gasteiger charge is 2.16. The Kier molecular flexibility index (Phi) is 4.42. The van der Waals surface area contributed by atoms with E-state index in [0.717, 1.165) is 16.5 Å². The number of nitrogens with zero attached hydrogens (tertiary/aromatic N) is 2. The van der Waals surface area contributed by atoms with Crippen molar-refractivity contribution in [3.05, 3.63) is 42.1 Å². The van der Waals surface area contributed by atoms with Crippen LogP contribution in [0.5, 0.6) is 0 Å². The highest BCUT2D eigenvalue weighted by Crippen LogP contribution is 2.13. The Morgan fingerprint density at radius 2 is 2.10 bits per heavy atom. The van der Waals surface area contributed by atoms with Gasteiger partial charge in [0.1, 0.15) is 0 Å². The molecule has 20 heavy (non-hydrogen) atoms. The molecule has 0 saturated heterocycles. The van der Waals surface area contributed by atoms with Gasteiger partial charge in [0.15, 0.2) is 0 Å². The molecule has 0 spiro atoms. The maximum Gasteiger partial charge on any atom is 0.257 e. The minimum atomic E-state index is -0.558. The van der Waals surface area contributed by atoms with E-state index in [2.05, 4.69) is 15.5 Å². The summed E-state index contributed by atoms with van der Waals surface area (Å²) in [6.45, 7) is 3.78. The number of aromatic nitrogens is 1. The van der Waals surface area contributed by atoms with E-state index in [4.69, 9.17) is 5.73 Å². The second-order valence-electron chi connectivity index (χ2n) is 4.93. The van der Waals surface area contributed by atoms with Crippen LogP contribution in [0.4, 0.5) is 0 Å². The van der Waals surface area contributed by atoms with Gasteiger partial charge < -0.3 is 5.73 Å². The summed E-state index contributed by atoms with van der Waals surface area (Å²) in [7, 11) is 0. The second-order valence-corrected chi connectivity index (χ2v) is 4.93. The van der Waals surface area contributed by atoms with Gasteiger partial charge in [0.25, 0.3) is 5.91 Å². The van der Waals surface area contributed by atoms with E-state index in [9.17, 15) is 4.79 Å². The molecule has 0 aliphatic rings. The van der Waals surface area contributed by atoms with Crippen LogP contribution in [0.3, 0.4) is 0 Å².